The molecule has 1 N–H and O–H groups in total. The fourth-order valence-electron chi connectivity index (χ4n) is 1.94. The number of non-ortho nitro benzene ring substituents is 1. The Labute approximate surface area is 131 Å². The highest BCUT2D eigenvalue weighted by molar-refractivity contribution is 7.13. The van der Waals surface area contributed by atoms with E-state index in [2.05, 4.69) is 4.98 Å². The van der Waals surface area contributed by atoms with Crippen LogP contribution in [0.15, 0.2) is 29.6 Å². The zero-order valence-electron chi connectivity index (χ0n) is 11.9. The lowest BCUT2D eigenvalue weighted by molar-refractivity contribution is -0.384. The number of nitro benzene ring substituents is 1. The average molecular weight is 321 g/mol. The molecule has 2 aromatic rings. The fraction of sp³-hybridized carbons (Fsp3) is 0.286. The first-order valence-electron chi connectivity index (χ1n) is 6.67. The Bertz CT molecular complexity index is 686. The SMILES string of the molecule is CCN(CCO)C(=O)c1csc(-c2cccc([N+](=O)[O-])c2)n1. The largest absolute Gasteiger partial charge is 0.395 e. The van der Waals surface area contributed by atoms with Gasteiger partial charge in [-0.3, -0.25) is 14.9 Å². The van der Waals surface area contributed by atoms with Gasteiger partial charge in [0.25, 0.3) is 11.6 Å². The standard InChI is InChI=1S/C14H15N3O4S/c1-2-16(6-7-18)14(19)12-9-22-13(15-12)10-4-3-5-11(8-10)17(20)21/h3-5,8-9,18H,2,6-7H2,1H3. The molecular formula is C14H15N3O4S. The molecule has 0 spiro atoms. The predicted molar refractivity (Wildman–Crippen MR) is 82.9 cm³/mol. The number of thiazole rings is 1. The molecule has 0 aliphatic heterocycles. The Morgan fingerprint density at radius 3 is 2.91 bits per heavy atom. The zero-order chi connectivity index (χ0) is 16.1. The van der Waals surface area contributed by atoms with Gasteiger partial charge < -0.3 is 10.0 Å². The van der Waals surface area contributed by atoms with Crippen LogP contribution in [-0.4, -0.2) is 45.5 Å². The van der Waals surface area contributed by atoms with Crippen molar-refractivity contribution in [2.45, 2.75) is 6.92 Å². The maximum absolute atomic E-state index is 12.2. The number of benzene rings is 1. The van der Waals surface area contributed by atoms with E-state index in [4.69, 9.17) is 5.11 Å². The van der Waals surface area contributed by atoms with Crippen molar-refractivity contribution in [3.8, 4) is 10.6 Å². The molecule has 1 aromatic heterocycles. The molecular weight excluding hydrogens is 306 g/mol. The minimum absolute atomic E-state index is 0.0176. The summed E-state index contributed by atoms with van der Waals surface area (Å²) in [5.41, 5.74) is 0.862. The quantitative estimate of drug-likeness (QED) is 0.649. The molecule has 7 nitrogen and oxygen atoms in total. The average Bonchev–Trinajstić information content (AvgIpc) is 3.02. The molecule has 0 bridgehead atoms. The summed E-state index contributed by atoms with van der Waals surface area (Å²) in [6, 6.07) is 6.13. The van der Waals surface area contributed by atoms with Crippen molar-refractivity contribution in [3.63, 3.8) is 0 Å². The molecule has 0 aliphatic carbocycles. The number of aliphatic hydroxyl groups is 1. The van der Waals surface area contributed by atoms with Gasteiger partial charge in [-0.2, -0.15) is 0 Å². The van der Waals surface area contributed by atoms with Gasteiger partial charge in [0.15, 0.2) is 0 Å². The van der Waals surface area contributed by atoms with E-state index in [1.165, 1.54) is 28.4 Å². The van der Waals surface area contributed by atoms with Gasteiger partial charge in [-0.25, -0.2) is 4.98 Å². The van der Waals surface area contributed by atoms with Crippen molar-refractivity contribution in [3.05, 3.63) is 45.5 Å². The monoisotopic (exact) mass is 321 g/mol. The molecule has 1 aromatic carbocycles. The second kappa shape index (κ2) is 7.10. The van der Waals surface area contributed by atoms with E-state index in [9.17, 15) is 14.9 Å². The molecule has 1 amide bonds. The number of nitro groups is 1. The van der Waals surface area contributed by atoms with Crippen LogP contribution >= 0.6 is 11.3 Å². The predicted octanol–water partition coefficient (Wildman–Crippen LogP) is 2.17. The van der Waals surface area contributed by atoms with Crippen LogP contribution in [0.25, 0.3) is 10.6 Å². The van der Waals surface area contributed by atoms with Gasteiger partial charge >= 0.3 is 0 Å². The number of hydrogen-bond acceptors (Lipinski definition) is 6. The van der Waals surface area contributed by atoms with Gasteiger partial charge in [0.2, 0.25) is 0 Å². The van der Waals surface area contributed by atoms with Crippen LogP contribution in [0.3, 0.4) is 0 Å². The van der Waals surface area contributed by atoms with Crippen molar-refractivity contribution in [2.75, 3.05) is 19.7 Å². The fourth-order valence-corrected chi connectivity index (χ4v) is 2.73. The summed E-state index contributed by atoms with van der Waals surface area (Å²) >= 11 is 1.25. The van der Waals surface area contributed by atoms with Gasteiger partial charge in [0.1, 0.15) is 10.7 Å². The molecule has 0 aliphatic rings. The number of aliphatic hydroxyl groups excluding tert-OH is 1. The smallest absolute Gasteiger partial charge is 0.273 e. The molecule has 0 unspecified atom stereocenters. The van der Waals surface area contributed by atoms with E-state index in [-0.39, 0.29) is 30.4 Å². The van der Waals surface area contributed by atoms with E-state index >= 15 is 0 Å². The van der Waals surface area contributed by atoms with Crippen molar-refractivity contribution in [1.29, 1.82) is 0 Å². The normalized spacial score (nSPS) is 10.5. The first-order chi connectivity index (χ1) is 10.6. The Morgan fingerprint density at radius 1 is 1.50 bits per heavy atom. The molecule has 116 valence electrons. The number of likely N-dealkylation sites (N-methyl/N-ethyl adjacent to an activating group) is 1. The maximum Gasteiger partial charge on any atom is 0.273 e. The number of hydrogen-bond donors (Lipinski definition) is 1. The minimum Gasteiger partial charge on any atom is -0.395 e. The third kappa shape index (κ3) is 3.46. The van der Waals surface area contributed by atoms with E-state index in [1.807, 2.05) is 6.92 Å². The Kier molecular flexibility index (Phi) is 5.18. The van der Waals surface area contributed by atoms with Crippen LogP contribution in [0.2, 0.25) is 0 Å². The summed E-state index contributed by atoms with van der Waals surface area (Å²) in [4.78, 5) is 28.3. The van der Waals surface area contributed by atoms with Crippen LogP contribution in [0.4, 0.5) is 5.69 Å². The van der Waals surface area contributed by atoms with Crippen LogP contribution in [-0.2, 0) is 0 Å². The number of carbonyl (C=O) groups excluding carboxylic acids is 1. The van der Waals surface area contributed by atoms with Crippen LogP contribution in [0.1, 0.15) is 17.4 Å². The Morgan fingerprint density at radius 2 is 2.27 bits per heavy atom. The van der Waals surface area contributed by atoms with Crippen LogP contribution in [0, 0.1) is 10.1 Å². The number of amides is 1. The van der Waals surface area contributed by atoms with Crippen LogP contribution < -0.4 is 0 Å². The number of aromatic nitrogens is 1. The topological polar surface area (TPSA) is 96.6 Å². The highest BCUT2D eigenvalue weighted by Crippen LogP contribution is 2.27. The van der Waals surface area contributed by atoms with E-state index < -0.39 is 4.92 Å². The van der Waals surface area contributed by atoms with Crippen molar-refractivity contribution >= 4 is 22.9 Å². The maximum atomic E-state index is 12.2. The second-order valence-electron chi connectivity index (χ2n) is 4.45. The van der Waals surface area contributed by atoms with Gasteiger partial charge in [-0.15, -0.1) is 11.3 Å². The van der Waals surface area contributed by atoms with Gasteiger partial charge in [0, 0.05) is 36.2 Å². The number of rotatable bonds is 6. The highest BCUT2D eigenvalue weighted by Gasteiger charge is 2.18. The molecule has 0 saturated carbocycles. The van der Waals surface area contributed by atoms with E-state index in [0.29, 0.717) is 17.1 Å². The summed E-state index contributed by atoms with van der Waals surface area (Å²) in [6.07, 6.45) is 0. The summed E-state index contributed by atoms with van der Waals surface area (Å²) < 4.78 is 0. The summed E-state index contributed by atoms with van der Waals surface area (Å²) in [6.45, 7) is 2.44. The van der Waals surface area contributed by atoms with Crippen molar-refractivity contribution in [2.24, 2.45) is 0 Å². The third-order valence-electron chi connectivity index (χ3n) is 3.07. The number of carbonyl (C=O) groups is 1. The molecule has 0 atom stereocenters. The second-order valence-corrected chi connectivity index (χ2v) is 5.31. The van der Waals surface area contributed by atoms with Gasteiger partial charge in [-0.1, -0.05) is 12.1 Å². The molecule has 0 radical (unpaired) electrons. The zero-order valence-corrected chi connectivity index (χ0v) is 12.7. The van der Waals surface area contributed by atoms with E-state index in [1.54, 1.807) is 17.5 Å². The van der Waals surface area contributed by atoms with Crippen molar-refractivity contribution < 1.29 is 14.8 Å². The lowest BCUT2D eigenvalue weighted by Crippen LogP contribution is -2.33. The summed E-state index contributed by atoms with van der Waals surface area (Å²) in [5.74, 6) is -0.260. The minimum atomic E-state index is -0.469. The third-order valence-corrected chi connectivity index (χ3v) is 3.96. The van der Waals surface area contributed by atoms with Crippen molar-refractivity contribution in [1.82, 2.24) is 9.88 Å². The molecule has 8 heteroatoms. The summed E-state index contributed by atoms with van der Waals surface area (Å²) in [5, 5.41) is 21.9. The number of nitrogens with zero attached hydrogens (tertiary/aromatic N) is 3. The molecule has 0 fully saturated rings. The lowest BCUT2D eigenvalue weighted by Gasteiger charge is -2.18. The summed E-state index contributed by atoms with van der Waals surface area (Å²) in [7, 11) is 0. The Hall–Kier alpha value is -2.32. The first-order valence-corrected chi connectivity index (χ1v) is 7.55. The van der Waals surface area contributed by atoms with Gasteiger partial charge in [0.05, 0.1) is 11.5 Å². The molecule has 0 saturated heterocycles. The molecule has 2 rings (SSSR count). The van der Waals surface area contributed by atoms with Gasteiger partial charge in [-0.05, 0) is 6.92 Å². The molecule has 22 heavy (non-hydrogen) atoms. The van der Waals surface area contributed by atoms with E-state index in [0.717, 1.165) is 0 Å². The Balaban J connectivity index is 2.26. The lowest BCUT2D eigenvalue weighted by atomic mass is 10.2. The highest BCUT2D eigenvalue weighted by atomic mass is 32.1. The van der Waals surface area contributed by atoms with Crippen LogP contribution in [0.5, 0.6) is 0 Å². The first kappa shape index (κ1) is 16.1. The molecule has 1 heterocycles.